The van der Waals surface area contributed by atoms with Crippen LogP contribution in [-0.2, 0) is 6.54 Å². The molecule has 0 spiro atoms. The summed E-state index contributed by atoms with van der Waals surface area (Å²) in [5.74, 6) is 1.22. The van der Waals surface area contributed by atoms with Crippen LogP contribution in [0.1, 0.15) is 46.0 Å². The van der Waals surface area contributed by atoms with Crippen LogP contribution in [0.4, 0.5) is 0 Å². The van der Waals surface area contributed by atoms with Crippen LogP contribution in [0, 0.1) is 13.8 Å². The van der Waals surface area contributed by atoms with E-state index in [-0.39, 0.29) is 11.8 Å². The molecular formula is C23H24N4O2S. The topological polar surface area (TPSA) is 65.8 Å². The molecule has 1 atom stereocenters. The van der Waals surface area contributed by atoms with Crippen LogP contribution in [0.25, 0.3) is 0 Å². The minimum atomic E-state index is 0.0900. The monoisotopic (exact) mass is 420 g/mol. The van der Waals surface area contributed by atoms with Crippen molar-refractivity contribution in [3.8, 4) is 0 Å². The number of aromatic nitrogens is 4. The fourth-order valence-electron chi connectivity index (χ4n) is 3.78. The number of aryl methyl sites for hydroxylation is 1. The summed E-state index contributed by atoms with van der Waals surface area (Å²) in [4.78, 5) is 13.0. The average Bonchev–Trinajstić information content (AvgIpc) is 3.48. The highest BCUT2D eigenvalue weighted by molar-refractivity contribution is 7.99. The van der Waals surface area contributed by atoms with Crippen LogP contribution in [0.3, 0.4) is 0 Å². The Labute approximate surface area is 179 Å². The number of ketones is 1. The molecule has 3 heterocycles. The van der Waals surface area contributed by atoms with E-state index < -0.39 is 0 Å². The van der Waals surface area contributed by atoms with Crippen molar-refractivity contribution >= 4 is 17.5 Å². The lowest BCUT2D eigenvalue weighted by molar-refractivity contribution is 0.102. The van der Waals surface area contributed by atoms with Gasteiger partial charge in [-0.2, -0.15) is 0 Å². The van der Waals surface area contributed by atoms with Gasteiger partial charge in [0.2, 0.25) is 0 Å². The van der Waals surface area contributed by atoms with E-state index in [0.717, 1.165) is 22.7 Å². The highest BCUT2D eigenvalue weighted by Crippen LogP contribution is 2.27. The van der Waals surface area contributed by atoms with Gasteiger partial charge >= 0.3 is 0 Å². The van der Waals surface area contributed by atoms with Crippen molar-refractivity contribution < 1.29 is 9.21 Å². The highest BCUT2D eigenvalue weighted by Gasteiger charge is 2.20. The molecule has 0 saturated heterocycles. The molecule has 0 amide bonds. The second-order valence-corrected chi connectivity index (χ2v) is 8.22. The molecule has 154 valence electrons. The SMILES string of the molecule is Cc1cc(C(=O)CSc2nncn2Cc2ccco2)c(C)n1C(C)c1ccccc1. The first-order chi connectivity index (χ1) is 14.5. The lowest BCUT2D eigenvalue weighted by atomic mass is 10.1. The van der Waals surface area contributed by atoms with Crippen LogP contribution >= 0.6 is 11.8 Å². The predicted molar refractivity (Wildman–Crippen MR) is 117 cm³/mol. The largest absolute Gasteiger partial charge is 0.467 e. The standard InChI is InChI=1S/C23H24N4O2S/c1-16-12-21(18(3)27(16)17(2)19-8-5-4-6-9-19)22(28)14-30-23-25-24-15-26(23)13-20-10-7-11-29-20/h4-12,15,17H,13-14H2,1-3H3. The molecule has 3 aromatic heterocycles. The van der Waals surface area contributed by atoms with Crippen molar-refractivity contribution in [3.05, 3.63) is 89.4 Å². The molecule has 4 rings (SSSR count). The molecule has 0 fully saturated rings. The molecule has 0 bridgehead atoms. The summed E-state index contributed by atoms with van der Waals surface area (Å²) >= 11 is 1.40. The van der Waals surface area contributed by atoms with Crippen LogP contribution in [0.2, 0.25) is 0 Å². The highest BCUT2D eigenvalue weighted by atomic mass is 32.2. The maximum atomic E-state index is 13.0. The molecule has 4 aromatic rings. The number of thioether (sulfide) groups is 1. The van der Waals surface area contributed by atoms with Gasteiger partial charge in [-0.25, -0.2) is 0 Å². The number of carbonyl (C=O) groups excluding carboxylic acids is 1. The van der Waals surface area contributed by atoms with Crippen LogP contribution in [-0.4, -0.2) is 30.9 Å². The maximum absolute atomic E-state index is 13.0. The minimum Gasteiger partial charge on any atom is -0.467 e. The summed E-state index contributed by atoms with van der Waals surface area (Å²) in [6.45, 7) is 6.77. The fraction of sp³-hybridized carbons (Fsp3) is 0.261. The zero-order chi connectivity index (χ0) is 21.1. The van der Waals surface area contributed by atoms with Crippen molar-refractivity contribution in [1.29, 1.82) is 0 Å². The Balaban J connectivity index is 1.48. The summed E-state index contributed by atoms with van der Waals surface area (Å²) < 4.78 is 9.51. The first kappa shape index (κ1) is 20.2. The minimum absolute atomic E-state index is 0.0900. The van der Waals surface area contributed by atoms with Gasteiger partial charge in [0.05, 0.1) is 24.6 Å². The van der Waals surface area contributed by atoms with E-state index >= 15 is 0 Å². The van der Waals surface area contributed by atoms with Gasteiger partial charge in [-0.3, -0.25) is 4.79 Å². The Morgan fingerprint density at radius 2 is 1.97 bits per heavy atom. The van der Waals surface area contributed by atoms with Gasteiger partial charge in [-0.05, 0) is 44.5 Å². The first-order valence-corrected chi connectivity index (χ1v) is 10.8. The third-order valence-electron chi connectivity index (χ3n) is 5.27. The Morgan fingerprint density at radius 3 is 2.70 bits per heavy atom. The quantitative estimate of drug-likeness (QED) is 0.299. The summed E-state index contributed by atoms with van der Waals surface area (Å²) in [5.41, 5.74) is 4.06. The predicted octanol–water partition coefficient (Wildman–Crippen LogP) is 4.92. The first-order valence-electron chi connectivity index (χ1n) is 9.84. The molecule has 0 N–H and O–H groups in total. The second kappa shape index (κ2) is 8.75. The average molecular weight is 421 g/mol. The summed E-state index contributed by atoms with van der Waals surface area (Å²) in [5, 5.41) is 8.83. The van der Waals surface area contributed by atoms with Gasteiger partial charge in [0.25, 0.3) is 0 Å². The van der Waals surface area contributed by atoms with Crippen molar-refractivity contribution in [2.24, 2.45) is 0 Å². The Kier molecular flexibility index (Phi) is 5.90. The molecule has 6 nitrogen and oxygen atoms in total. The number of hydrogen-bond acceptors (Lipinski definition) is 5. The maximum Gasteiger partial charge on any atom is 0.191 e. The molecule has 30 heavy (non-hydrogen) atoms. The third kappa shape index (κ3) is 4.11. The molecule has 0 aliphatic carbocycles. The van der Waals surface area contributed by atoms with Gasteiger partial charge in [-0.1, -0.05) is 42.1 Å². The summed E-state index contributed by atoms with van der Waals surface area (Å²) in [7, 11) is 0. The van der Waals surface area contributed by atoms with Crippen molar-refractivity contribution in [2.45, 2.75) is 38.5 Å². The smallest absolute Gasteiger partial charge is 0.191 e. The Hall–Kier alpha value is -3.06. The molecule has 1 aromatic carbocycles. The fourth-order valence-corrected chi connectivity index (χ4v) is 4.58. The number of rotatable bonds is 8. The van der Waals surface area contributed by atoms with Crippen LogP contribution in [0.15, 0.2) is 70.7 Å². The van der Waals surface area contributed by atoms with E-state index in [9.17, 15) is 4.79 Å². The van der Waals surface area contributed by atoms with Gasteiger partial charge in [0.15, 0.2) is 10.9 Å². The van der Waals surface area contributed by atoms with Gasteiger partial charge in [-0.15, -0.1) is 10.2 Å². The zero-order valence-electron chi connectivity index (χ0n) is 17.3. The molecule has 0 saturated carbocycles. The summed E-state index contributed by atoms with van der Waals surface area (Å²) in [6, 6.07) is 16.2. The number of benzene rings is 1. The molecule has 0 radical (unpaired) electrons. The van der Waals surface area contributed by atoms with E-state index in [2.05, 4.69) is 40.7 Å². The normalized spacial score (nSPS) is 12.2. The van der Waals surface area contributed by atoms with Crippen LogP contribution < -0.4 is 0 Å². The van der Waals surface area contributed by atoms with E-state index in [4.69, 9.17) is 4.42 Å². The molecule has 0 aliphatic rings. The van der Waals surface area contributed by atoms with Crippen LogP contribution in [0.5, 0.6) is 0 Å². The number of carbonyl (C=O) groups is 1. The van der Waals surface area contributed by atoms with E-state index in [1.54, 1.807) is 12.6 Å². The number of nitrogens with zero attached hydrogens (tertiary/aromatic N) is 4. The third-order valence-corrected chi connectivity index (χ3v) is 6.25. The zero-order valence-corrected chi connectivity index (χ0v) is 18.1. The molecule has 1 unspecified atom stereocenters. The van der Waals surface area contributed by atoms with E-state index in [1.807, 2.05) is 47.9 Å². The summed E-state index contributed by atoms with van der Waals surface area (Å²) in [6.07, 6.45) is 3.30. The van der Waals surface area contributed by atoms with E-state index in [1.165, 1.54) is 17.3 Å². The number of hydrogen-bond donors (Lipinski definition) is 0. The van der Waals surface area contributed by atoms with Gasteiger partial charge in [0.1, 0.15) is 12.1 Å². The lowest BCUT2D eigenvalue weighted by Gasteiger charge is -2.19. The lowest BCUT2D eigenvalue weighted by Crippen LogP contribution is -2.12. The second-order valence-electron chi connectivity index (χ2n) is 7.27. The van der Waals surface area contributed by atoms with Crippen molar-refractivity contribution in [1.82, 2.24) is 19.3 Å². The molecule has 7 heteroatoms. The van der Waals surface area contributed by atoms with Gasteiger partial charge in [0, 0.05) is 17.0 Å². The van der Waals surface area contributed by atoms with Crippen molar-refractivity contribution in [3.63, 3.8) is 0 Å². The van der Waals surface area contributed by atoms with E-state index in [0.29, 0.717) is 17.5 Å². The Morgan fingerprint density at radius 1 is 1.17 bits per heavy atom. The number of Topliss-reactive ketones (excluding diaryl/α,β-unsaturated/α-hetero) is 1. The molecule has 0 aliphatic heterocycles. The molecular weight excluding hydrogens is 396 g/mol. The Bertz CT molecular complexity index is 1130. The number of furan rings is 1. The van der Waals surface area contributed by atoms with Gasteiger partial charge < -0.3 is 13.6 Å². The van der Waals surface area contributed by atoms with Crippen molar-refractivity contribution in [2.75, 3.05) is 5.75 Å².